The number of sulfonamides is 1. The number of carbonyl (C=O) groups is 2. The lowest BCUT2D eigenvalue weighted by molar-refractivity contribution is -0.122. The number of nitrogens with zero attached hydrogens (tertiary/aromatic N) is 2. The Hall–Kier alpha value is -1.93. The van der Waals surface area contributed by atoms with Gasteiger partial charge in [-0.05, 0) is 44.9 Å². The van der Waals surface area contributed by atoms with E-state index < -0.39 is 15.9 Å². The fourth-order valence-electron chi connectivity index (χ4n) is 2.74. The van der Waals surface area contributed by atoms with E-state index in [1.54, 1.807) is 12.1 Å². The highest BCUT2D eigenvalue weighted by molar-refractivity contribution is 7.89. The van der Waals surface area contributed by atoms with Gasteiger partial charge in [0.15, 0.2) is 0 Å². The van der Waals surface area contributed by atoms with Crippen LogP contribution < -0.4 is 5.32 Å². The third kappa shape index (κ3) is 4.79. The molecule has 0 aliphatic carbocycles. The van der Waals surface area contributed by atoms with Crippen LogP contribution in [0, 0.1) is 0 Å². The molecule has 0 bridgehead atoms. The van der Waals surface area contributed by atoms with Gasteiger partial charge >= 0.3 is 0 Å². The van der Waals surface area contributed by atoms with Gasteiger partial charge in [-0.3, -0.25) is 9.59 Å². The normalized spacial score (nSPS) is 15.4. The van der Waals surface area contributed by atoms with Gasteiger partial charge < -0.3 is 10.2 Å². The number of amides is 2. The molecule has 0 radical (unpaired) electrons. The van der Waals surface area contributed by atoms with Crippen LogP contribution in [0.5, 0.6) is 0 Å². The average Bonchev–Trinajstić information content (AvgIpc) is 3.08. The van der Waals surface area contributed by atoms with E-state index in [-0.39, 0.29) is 29.0 Å². The topological polar surface area (TPSA) is 86.8 Å². The van der Waals surface area contributed by atoms with Crippen molar-refractivity contribution in [1.29, 1.82) is 0 Å². The Balaban J connectivity index is 2.14. The monoisotopic (exact) mass is 367 g/mol. The molecule has 0 unspecified atom stereocenters. The van der Waals surface area contributed by atoms with Gasteiger partial charge in [0.1, 0.15) is 0 Å². The zero-order valence-electron chi connectivity index (χ0n) is 14.9. The van der Waals surface area contributed by atoms with Gasteiger partial charge in [-0.25, -0.2) is 8.42 Å². The molecule has 2 rings (SSSR count). The van der Waals surface area contributed by atoms with E-state index in [9.17, 15) is 18.0 Å². The van der Waals surface area contributed by atoms with Crippen molar-refractivity contribution < 1.29 is 18.0 Å². The van der Waals surface area contributed by atoms with Crippen molar-refractivity contribution in [2.45, 2.75) is 37.6 Å². The van der Waals surface area contributed by atoms with Crippen molar-refractivity contribution in [3.8, 4) is 0 Å². The Morgan fingerprint density at radius 1 is 1.24 bits per heavy atom. The lowest BCUT2D eigenvalue weighted by atomic mass is 10.2. The van der Waals surface area contributed by atoms with Crippen molar-refractivity contribution in [1.82, 2.24) is 14.5 Å². The minimum Gasteiger partial charge on any atom is -0.352 e. The van der Waals surface area contributed by atoms with Gasteiger partial charge in [0.25, 0.3) is 5.91 Å². The molecule has 1 saturated heterocycles. The van der Waals surface area contributed by atoms with Crippen molar-refractivity contribution in [2.24, 2.45) is 0 Å². The summed E-state index contributed by atoms with van der Waals surface area (Å²) in [5.74, 6) is -0.649. The Morgan fingerprint density at radius 3 is 2.48 bits per heavy atom. The standard InChI is InChI=1S/C17H25N3O4S/c1-13(2)18-16(21)12-19(3)17(22)14-7-6-8-15(11-14)25(23,24)20-9-4-5-10-20/h6-8,11,13H,4-5,9-10,12H2,1-3H3,(H,18,21). The minimum atomic E-state index is -3.58. The van der Waals surface area contributed by atoms with Gasteiger partial charge in [-0.2, -0.15) is 4.31 Å². The summed E-state index contributed by atoms with van der Waals surface area (Å²) in [6.45, 7) is 4.62. The summed E-state index contributed by atoms with van der Waals surface area (Å²) in [5, 5.41) is 2.72. The molecule has 2 amide bonds. The quantitative estimate of drug-likeness (QED) is 0.815. The van der Waals surface area contributed by atoms with E-state index in [4.69, 9.17) is 0 Å². The van der Waals surface area contributed by atoms with Crippen molar-refractivity contribution in [2.75, 3.05) is 26.7 Å². The van der Waals surface area contributed by atoms with Crippen LogP contribution in [0.15, 0.2) is 29.2 Å². The predicted octanol–water partition coefficient (Wildman–Crippen LogP) is 1.07. The highest BCUT2D eigenvalue weighted by Gasteiger charge is 2.28. The second-order valence-corrected chi connectivity index (χ2v) is 8.46. The van der Waals surface area contributed by atoms with Gasteiger partial charge in [0, 0.05) is 31.7 Å². The number of likely N-dealkylation sites (N-methyl/N-ethyl adjacent to an activating group) is 1. The third-order valence-corrected chi connectivity index (χ3v) is 5.86. The van der Waals surface area contributed by atoms with Gasteiger partial charge in [0.05, 0.1) is 11.4 Å². The van der Waals surface area contributed by atoms with E-state index in [1.807, 2.05) is 13.8 Å². The molecule has 25 heavy (non-hydrogen) atoms. The van der Waals surface area contributed by atoms with E-state index in [1.165, 1.54) is 28.4 Å². The summed E-state index contributed by atoms with van der Waals surface area (Å²) >= 11 is 0. The Morgan fingerprint density at radius 2 is 1.88 bits per heavy atom. The zero-order valence-corrected chi connectivity index (χ0v) is 15.7. The van der Waals surface area contributed by atoms with Crippen LogP contribution in [-0.2, 0) is 14.8 Å². The maximum atomic E-state index is 12.6. The van der Waals surface area contributed by atoms with Crippen molar-refractivity contribution >= 4 is 21.8 Å². The predicted molar refractivity (Wildman–Crippen MR) is 94.7 cm³/mol. The van der Waals surface area contributed by atoms with Gasteiger partial charge in [-0.15, -0.1) is 0 Å². The molecule has 1 fully saturated rings. The first-order valence-corrected chi connectivity index (χ1v) is 9.81. The average molecular weight is 367 g/mol. The highest BCUT2D eigenvalue weighted by atomic mass is 32.2. The summed E-state index contributed by atoms with van der Waals surface area (Å²) in [6, 6.07) is 5.98. The van der Waals surface area contributed by atoms with Gasteiger partial charge in [0.2, 0.25) is 15.9 Å². The summed E-state index contributed by atoms with van der Waals surface area (Å²) in [6.07, 6.45) is 1.71. The van der Waals surface area contributed by atoms with E-state index in [2.05, 4.69) is 5.32 Å². The Kier molecular flexibility index (Phi) is 6.18. The maximum absolute atomic E-state index is 12.6. The van der Waals surface area contributed by atoms with Crippen molar-refractivity contribution in [3.05, 3.63) is 29.8 Å². The third-order valence-electron chi connectivity index (χ3n) is 3.96. The summed E-state index contributed by atoms with van der Waals surface area (Å²) < 4.78 is 26.7. The minimum absolute atomic E-state index is 0.00932. The van der Waals surface area contributed by atoms with Crippen LogP contribution in [0.2, 0.25) is 0 Å². The summed E-state index contributed by atoms with van der Waals surface area (Å²) in [5.41, 5.74) is 0.250. The number of rotatable bonds is 6. The molecule has 0 saturated carbocycles. The molecule has 1 N–H and O–H groups in total. The zero-order chi connectivity index (χ0) is 18.6. The van der Waals surface area contributed by atoms with E-state index >= 15 is 0 Å². The summed E-state index contributed by atoms with van der Waals surface area (Å²) in [7, 11) is -2.06. The smallest absolute Gasteiger partial charge is 0.254 e. The van der Waals surface area contributed by atoms with Crippen LogP contribution in [0.4, 0.5) is 0 Å². The molecule has 1 aromatic carbocycles. The van der Waals surface area contributed by atoms with Gasteiger partial charge in [-0.1, -0.05) is 6.07 Å². The first-order valence-electron chi connectivity index (χ1n) is 8.37. The first kappa shape index (κ1) is 19.4. The molecule has 8 heteroatoms. The van der Waals surface area contributed by atoms with E-state index in [0.717, 1.165) is 12.8 Å². The molecule has 0 aromatic heterocycles. The molecule has 1 aliphatic heterocycles. The van der Waals surface area contributed by atoms with Crippen LogP contribution >= 0.6 is 0 Å². The molecular weight excluding hydrogens is 342 g/mol. The summed E-state index contributed by atoms with van der Waals surface area (Å²) in [4.78, 5) is 25.7. The molecule has 138 valence electrons. The first-order chi connectivity index (χ1) is 11.7. The van der Waals surface area contributed by atoms with Crippen LogP contribution in [-0.4, -0.2) is 62.2 Å². The molecule has 1 aromatic rings. The number of nitrogens with one attached hydrogen (secondary N) is 1. The molecule has 1 heterocycles. The fraction of sp³-hybridized carbons (Fsp3) is 0.529. The van der Waals surface area contributed by atoms with E-state index in [0.29, 0.717) is 13.1 Å². The second kappa shape index (κ2) is 7.97. The number of benzene rings is 1. The van der Waals surface area contributed by atoms with Crippen LogP contribution in [0.3, 0.4) is 0 Å². The number of hydrogen-bond acceptors (Lipinski definition) is 4. The second-order valence-electron chi connectivity index (χ2n) is 6.52. The molecule has 0 atom stereocenters. The van der Waals surface area contributed by atoms with Crippen LogP contribution in [0.25, 0.3) is 0 Å². The Bertz CT molecular complexity index is 740. The van der Waals surface area contributed by atoms with Crippen LogP contribution in [0.1, 0.15) is 37.0 Å². The lowest BCUT2D eigenvalue weighted by Gasteiger charge is -2.19. The Labute approximate surface area is 149 Å². The molecule has 7 nitrogen and oxygen atoms in total. The lowest BCUT2D eigenvalue weighted by Crippen LogP contribution is -2.40. The molecule has 0 spiro atoms. The number of hydrogen-bond donors (Lipinski definition) is 1. The molecular formula is C17H25N3O4S. The SMILES string of the molecule is CC(C)NC(=O)CN(C)C(=O)c1cccc(S(=O)(=O)N2CCCC2)c1. The maximum Gasteiger partial charge on any atom is 0.254 e. The largest absolute Gasteiger partial charge is 0.352 e. The number of carbonyl (C=O) groups excluding carboxylic acids is 2. The fourth-order valence-corrected chi connectivity index (χ4v) is 4.31. The highest BCUT2D eigenvalue weighted by Crippen LogP contribution is 2.21. The van der Waals surface area contributed by atoms with Crippen molar-refractivity contribution in [3.63, 3.8) is 0 Å². The molecule has 1 aliphatic rings.